The summed E-state index contributed by atoms with van der Waals surface area (Å²) >= 11 is 0. The number of primary amides is 1. The molecule has 13 atom stereocenters. The lowest BCUT2D eigenvalue weighted by Crippen LogP contribution is -2.60. The average Bonchev–Trinajstić information content (AvgIpc) is 2.27. The van der Waals surface area contributed by atoms with Crippen LogP contribution < -0.4 is 48.7 Å². The second-order valence-electron chi connectivity index (χ2n) is 24.7. The van der Waals surface area contributed by atoms with Crippen LogP contribution in [0, 0.1) is 29.6 Å². The maximum atomic E-state index is 14.4. The number of hydrogen-bond donors (Lipinski definition) is 10. The highest BCUT2D eigenvalue weighted by molar-refractivity contribution is 6.06. The van der Waals surface area contributed by atoms with Gasteiger partial charge < -0.3 is 72.9 Å². The van der Waals surface area contributed by atoms with Crippen LogP contribution in [0.15, 0.2) is 54.6 Å². The van der Waals surface area contributed by atoms with Gasteiger partial charge in [-0.1, -0.05) is 111 Å². The minimum Gasteiger partial charge on any atom is -0.445 e. The Morgan fingerprint density at radius 3 is 1.86 bits per heavy atom. The minimum absolute atomic E-state index is 0.0191. The van der Waals surface area contributed by atoms with Crippen LogP contribution in [0.4, 0.5) is 15.3 Å². The molecule has 506 valence electrons. The van der Waals surface area contributed by atoms with Crippen molar-refractivity contribution in [2.45, 2.75) is 194 Å². The number of nitrogens with zero attached hydrogens (tertiary/aromatic N) is 3. The molecule has 2 heterocycles. The number of urea groups is 1. The maximum absolute atomic E-state index is 14.4. The Bertz CT molecular complexity index is 2770. The van der Waals surface area contributed by atoms with E-state index in [1.165, 1.54) is 33.4 Å². The smallest absolute Gasteiger partial charge is 0.410 e. The summed E-state index contributed by atoms with van der Waals surface area (Å²) in [5, 5.41) is 30.3. The summed E-state index contributed by atoms with van der Waals surface area (Å²) in [4.78, 5) is 151. The van der Waals surface area contributed by atoms with Crippen molar-refractivity contribution in [3.63, 3.8) is 0 Å². The van der Waals surface area contributed by atoms with Gasteiger partial charge >= 0.3 is 12.1 Å². The fourth-order valence-electron chi connectivity index (χ4n) is 11.5. The number of benzene rings is 2. The highest BCUT2D eigenvalue weighted by atomic mass is 16.6. The number of carbonyl (C=O) groups is 11. The van der Waals surface area contributed by atoms with Crippen molar-refractivity contribution >= 4 is 71.0 Å². The number of hydrogen-bond acceptors (Lipinski definition) is 16. The maximum Gasteiger partial charge on any atom is 0.410 e. The van der Waals surface area contributed by atoms with Crippen LogP contribution >= 0.6 is 0 Å². The fourth-order valence-corrected chi connectivity index (χ4v) is 11.5. The molecule has 91 heavy (non-hydrogen) atoms. The zero-order chi connectivity index (χ0) is 68.0. The van der Waals surface area contributed by atoms with Crippen molar-refractivity contribution in [3.8, 4) is 0 Å². The van der Waals surface area contributed by atoms with Gasteiger partial charge in [-0.2, -0.15) is 0 Å². The highest BCUT2D eigenvalue weighted by Gasteiger charge is 2.44. The summed E-state index contributed by atoms with van der Waals surface area (Å²) in [6.07, 6.45) is -1.42. The molecule has 0 aliphatic carbocycles. The first-order valence-corrected chi connectivity index (χ1v) is 31.5. The molecular formula is C64H100N12O15. The zero-order valence-electron chi connectivity index (χ0n) is 55.1. The third kappa shape index (κ3) is 21.4. The van der Waals surface area contributed by atoms with E-state index in [2.05, 4.69) is 37.2 Å². The number of likely N-dealkylation sites (tertiary alicyclic amines) is 2. The predicted molar refractivity (Wildman–Crippen MR) is 338 cm³/mol. The molecule has 2 aliphatic heterocycles. The lowest BCUT2D eigenvalue weighted by molar-refractivity contribution is -0.147. The number of methoxy groups -OCH3 is 2. The van der Waals surface area contributed by atoms with Crippen molar-refractivity contribution in [2.24, 2.45) is 41.1 Å². The molecule has 2 fully saturated rings. The number of likely N-dealkylation sites (N-methyl/N-ethyl adjacent to an activating group) is 1. The number of carbonyl (C=O) groups excluding carboxylic acids is 11. The Labute approximate surface area is 534 Å². The number of aliphatic hydroxyl groups excluding tert-OH is 1. The molecule has 0 radical (unpaired) electrons. The largest absolute Gasteiger partial charge is 0.445 e. The van der Waals surface area contributed by atoms with Gasteiger partial charge in [0, 0.05) is 59.4 Å². The fraction of sp³-hybridized carbons (Fsp3) is 0.641. The van der Waals surface area contributed by atoms with E-state index in [0.717, 1.165) is 9.80 Å². The molecule has 2 aromatic rings. The highest BCUT2D eigenvalue weighted by Crippen LogP contribution is 2.30. The molecular weight excluding hydrogens is 1180 g/mol. The van der Waals surface area contributed by atoms with Crippen molar-refractivity contribution in [2.75, 3.05) is 46.2 Å². The second kappa shape index (κ2) is 36.3. The van der Waals surface area contributed by atoms with Gasteiger partial charge in [-0.05, 0) is 79.5 Å². The molecule has 27 heteroatoms. The first kappa shape index (κ1) is 75.7. The van der Waals surface area contributed by atoms with E-state index in [1.54, 1.807) is 84.6 Å². The Morgan fingerprint density at radius 2 is 1.32 bits per heavy atom. The van der Waals surface area contributed by atoms with Crippen molar-refractivity contribution in [1.29, 1.82) is 0 Å². The Morgan fingerprint density at radius 1 is 0.725 bits per heavy atom. The third-order valence-electron chi connectivity index (χ3n) is 17.0. The van der Waals surface area contributed by atoms with E-state index in [1.807, 2.05) is 32.0 Å². The van der Waals surface area contributed by atoms with E-state index in [-0.39, 0.29) is 69.5 Å². The Kier molecular flexibility index (Phi) is 30.2. The SMILES string of the molecule is CC[C@H](C)[C@H](NC(=O)C(NC(=O)C(C(C)C)N(C)C(=O)OCc1ccc(NC(=O)[C@H](CCCNC(N)=O)NC(=O)C(NC(=O)C(CN)N2C(=O)CCC2=O)C(C)C)cc1)C(C)C)[C@@H](CC(=O)N1CCC[C@H]1[C@H](OC)[C@@H](C)C(=O)N[C@H](C)[C@@H](O)c1ccccc1)OC. The lowest BCUT2D eigenvalue weighted by atomic mass is 9.90. The van der Waals surface area contributed by atoms with Gasteiger partial charge in [0.05, 0.1) is 48.8 Å². The zero-order valence-corrected chi connectivity index (χ0v) is 55.1. The Balaban J connectivity index is 1.39. The average molecular weight is 1280 g/mol. The predicted octanol–water partition coefficient (Wildman–Crippen LogP) is 2.73. The van der Waals surface area contributed by atoms with Gasteiger partial charge in [0.25, 0.3) is 0 Å². The minimum atomic E-state index is -1.35. The summed E-state index contributed by atoms with van der Waals surface area (Å²) in [5.41, 5.74) is 12.5. The van der Waals surface area contributed by atoms with Gasteiger partial charge in [-0.15, -0.1) is 0 Å². The standard InChI is InChI=1S/C64H100N12O15/c1-14-38(8)53(47(89-12)32-50(79)75-31-19-23-45(75)56(90-13)39(9)57(81)68-40(10)55(80)42-20-16-15-17-21-42)73-61(85)52(36(4)5)72-62(86)54(37(6)7)74(11)64(88)91-34-41-24-26-43(27-25-41)69-58(82)44(22-18-30-67-63(66)87)70-60(84)51(35(2)3)71-59(83)46(33-65)76-48(77)28-29-49(76)78/h15-17,20-21,24-27,35-40,44-47,51-56,80H,14,18-19,22-23,28-34,65H2,1-13H3,(H,68,81)(H,69,82)(H,70,84)(H,71,83)(H,72,86)(H,73,85)(H3,66,67,87)/t38-,39+,40+,44-,45-,46?,47+,51?,52?,53-,54?,55+,56+/m0/s1. The van der Waals surface area contributed by atoms with Crippen LogP contribution in [0.1, 0.15) is 138 Å². The monoisotopic (exact) mass is 1280 g/mol. The van der Waals surface area contributed by atoms with Gasteiger partial charge in [0.15, 0.2) is 0 Å². The number of anilines is 1. The molecule has 27 nitrogen and oxygen atoms in total. The topological polar surface area (TPSA) is 382 Å². The molecule has 2 aliphatic rings. The first-order chi connectivity index (χ1) is 43.0. The van der Waals surface area contributed by atoms with Crippen LogP contribution in [0.5, 0.6) is 0 Å². The van der Waals surface area contributed by atoms with E-state index in [4.69, 9.17) is 25.7 Å². The van der Waals surface area contributed by atoms with E-state index in [0.29, 0.717) is 42.6 Å². The molecule has 4 unspecified atom stereocenters. The third-order valence-corrected chi connectivity index (χ3v) is 17.0. The number of aliphatic hydroxyl groups is 1. The van der Waals surface area contributed by atoms with Gasteiger partial charge in [-0.3, -0.25) is 53.0 Å². The number of rotatable bonds is 35. The van der Waals surface area contributed by atoms with Crippen LogP contribution in [-0.2, 0) is 64.0 Å². The Hall–Kier alpha value is -7.75. The quantitative estimate of drug-likeness (QED) is 0.0350. The summed E-state index contributed by atoms with van der Waals surface area (Å²) in [5.74, 6) is -7.36. The number of nitrogens with two attached hydrogens (primary N) is 2. The van der Waals surface area contributed by atoms with Crippen molar-refractivity contribution < 1.29 is 72.1 Å². The van der Waals surface area contributed by atoms with E-state index in [9.17, 15) is 57.8 Å². The van der Waals surface area contributed by atoms with Crippen LogP contribution in [0.25, 0.3) is 0 Å². The van der Waals surface area contributed by atoms with Crippen LogP contribution in [0.2, 0.25) is 0 Å². The van der Waals surface area contributed by atoms with Crippen molar-refractivity contribution in [1.82, 2.24) is 46.6 Å². The van der Waals surface area contributed by atoms with E-state index >= 15 is 0 Å². The molecule has 12 amide bonds. The molecule has 2 aromatic carbocycles. The molecule has 4 rings (SSSR count). The number of amides is 12. The molecule has 0 saturated carbocycles. The van der Waals surface area contributed by atoms with Gasteiger partial charge in [0.1, 0.15) is 36.8 Å². The summed E-state index contributed by atoms with van der Waals surface area (Å²) in [7, 11) is 4.39. The molecule has 0 aromatic heterocycles. The number of imide groups is 1. The molecule has 0 spiro atoms. The first-order valence-electron chi connectivity index (χ1n) is 31.5. The van der Waals surface area contributed by atoms with Crippen LogP contribution in [-0.4, -0.2) is 187 Å². The van der Waals surface area contributed by atoms with Gasteiger partial charge in [-0.25, -0.2) is 9.59 Å². The molecule has 12 N–H and O–H groups in total. The summed E-state index contributed by atoms with van der Waals surface area (Å²) in [6, 6.07) is 6.81. The summed E-state index contributed by atoms with van der Waals surface area (Å²) < 4.78 is 17.6. The number of ether oxygens (including phenoxy) is 3. The van der Waals surface area contributed by atoms with Gasteiger partial charge in [0.2, 0.25) is 53.2 Å². The second-order valence-corrected chi connectivity index (χ2v) is 24.7. The van der Waals surface area contributed by atoms with E-state index < -0.39 is 144 Å². The van der Waals surface area contributed by atoms with Crippen molar-refractivity contribution in [3.05, 3.63) is 65.7 Å². The van der Waals surface area contributed by atoms with Crippen LogP contribution in [0.3, 0.4) is 0 Å². The summed E-state index contributed by atoms with van der Waals surface area (Å²) in [6.45, 7) is 17.6. The molecule has 2 saturated heterocycles. The molecule has 0 bridgehead atoms. The lowest BCUT2D eigenvalue weighted by Gasteiger charge is -2.37. The normalized spacial score (nSPS) is 18.1. The number of nitrogens with one attached hydrogen (secondary N) is 7.